The van der Waals surface area contributed by atoms with E-state index in [0.717, 1.165) is 18.7 Å². The van der Waals surface area contributed by atoms with Gasteiger partial charge >= 0.3 is 7.69 Å². The fraction of sp³-hybridized carbons (Fsp3) is 0.455. The number of piperidine rings is 1. The zero-order chi connectivity index (χ0) is 10.3. The lowest BCUT2D eigenvalue weighted by molar-refractivity contribution is 0.122. The Morgan fingerprint density at radius 3 is 2.80 bits per heavy atom. The molecule has 3 nitrogen and oxygen atoms in total. The van der Waals surface area contributed by atoms with Gasteiger partial charge in [0, 0.05) is 0 Å². The monoisotopic (exact) mass is 204 g/mol. The first kappa shape index (κ1) is 10.5. The third-order valence-corrected chi connectivity index (χ3v) is 2.41. The number of rotatable bonds is 4. The molecule has 1 aromatic carbocycles. The molecule has 4 heteroatoms. The van der Waals surface area contributed by atoms with Gasteiger partial charge in [-0.05, 0) is 37.9 Å². The van der Waals surface area contributed by atoms with Crippen molar-refractivity contribution < 1.29 is 9.31 Å². The Morgan fingerprint density at radius 2 is 2.07 bits per heavy atom. The van der Waals surface area contributed by atoms with Gasteiger partial charge in [0.05, 0.1) is 12.0 Å². The number of nitrogens with one attached hydrogen (secondary N) is 1. The molecule has 1 aromatic rings. The van der Waals surface area contributed by atoms with Crippen molar-refractivity contribution >= 4 is 7.69 Å². The van der Waals surface area contributed by atoms with Gasteiger partial charge < -0.3 is 9.31 Å². The molecule has 1 aliphatic heterocycles. The lowest BCUT2D eigenvalue weighted by atomic mass is 10.1. The summed E-state index contributed by atoms with van der Waals surface area (Å²) >= 11 is 0. The molecule has 1 N–H and O–H groups in total. The number of hydrogen-bond acceptors (Lipinski definition) is 3. The summed E-state index contributed by atoms with van der Waals surface area (Å²) in [5.74, 6) is 0.799. The van der Waals surface area contributed by atoms with Crippen LogP contribution in [0.4, 0.5) is 0 Å². The molecule has 0 aromatic heterocycles. The van der Waals surface area contributed by atoms with E-state index in [-0.39, 0.29) is 6.23 Å². The molecule has 15 heavy (non-hydrogen) atoms. The van der Waals surface area contributed by atoms with Crippen LogP contribution in [0.2, 0.25) is 0 Å². The number of benzene rings is 1. The minimum Gasteiger partial charge on any atom is -0.537 e. The molecule has 1 unspecified atom stereocenters. The Kier molecular flexibility index (Phi) is 4.05. The van der Waals surface area contributed by atoms with E-state index in [2.05, 4.69) is 5.32 Å². The van der Waals surface area contributed by atoms with Crippen molar-refractivity contribution in [1.29, 1.82) is 0 Å². The summed E-state index contributed by atoms with van der Waals surface area (Å²) in [5.41, 5.74) is 0. The molecule has 0 aliphatic carbocycles. The van der Waals surface area contributed by atoms with Gasteiger partial charge in [-0.1, -0.05) is 18.2 Å². The fourth-order valence-electron chi connectivity index (χ4n) is 1.59. The Hall–Kier alpha value is -0.995. The lowest BCUT2D eigenvalue weighted by Gasteiger charge is -2.23. The predicted octanol–water partition coefficient (Wildman–Crippen LogP) is 1.72. The van der Waals surface area contributed by atoms with Crippen molar-refractivity contribution in [2.45, 2.75) is 25.5 Å². The Bertz CT molecular complexity index is 275. The summed E-state index contributed by atoms with van der Waals surface area (Å²) < 4.78 is 10.8. The highest BCUT2D eigenvalue weighted by Crippen LogP contribution is 2.10. The summed E-state index contributed by atoms with van der Waals surface area (Å²) in [6.07, 6.45) is 3.62. The molecule has 0 amide bonds. The number of hydrogen-bond donors (Lipinski definition) is 1. The molecule has 79 valence electrons. The summed E-state index contributed by atoms with van der Waals surface area (Å²) in [6, 6.07) is 9.61. The first-order valence-corrected chi connectivity index (χ1v) is 5.37. The summed E-state index contributed by atoms with van der Waals surface area (Å²) in [4.78, 5) is 0. The molecule has 1 fully saturated rings. The van der Waals surface area contributed by atoms with Gasteiger partial charge in [0.2, 0.25) is 0 Å². The van der Waals surface area contributed by atoms with Crippen LogP contribution in [-0.2, 0) is 4.65 Å². The zero-order valence-corrected chi connectivity index (χ0v) is 8.69. The topological polar surface area (TPSA) is 30.5 Å². The summed E-state index contributed by atoms with van der Waals surface area (Å²) in [5, 5.41) is 3.27. The average Bonchev–Trinajstić information content (AvgIpc) is 2.32. The predicted molar refractivity (Wildman–Crippen MR) is 59.6 cm³/mol. The van der Waals surface area contributed by atoms with E-state index in [4.69, 9.17) is 9.31 Å². The van der Waals surface area contributed by atoms with Crippen LogP contribution in [0.15, 0.2) is 30.3 Å². The maximum Gasteiger partial charge on any atom is 0.573 e. The van der Waals surface area contributed by atoms with E-state index in [1.165, 1.54) is 20.5 Å². The standard InChI is InChI=1S/C11H15BNO2/c1-2-6-10(7-3-1)14-12-15-11-8-4-5-9-13-11/h1-3,6-7,11,13H,4-5,8-9H2. The number of para-hydroxylation sites is 1. The second kappa shape index (κ2) is 5.78. The second-order valence-corrected chi connectivity index (χ2v) is 3.60. The van der Waals surface area contributed by atoms with Gasteiger partial charge in [-0.2, -0.15) is 0 Å². The van der Waals surface area contributed by atoms with Gasteiger partial charge in [0.25, 0.3) is 0 Å². The largest absolute Gasteiger partial charge is 0.573 e. The van der Waals surface area contributed by atoms with Crippen LogP contribution in [0.5, 0.6) is 5.75 Å². The third kappa shape index (κ3) is 3.57. The molecule has 2 rings (SSSR count). The average molecular weight is 204 g/mol. The highest BCUT2D eigenvalue weighted by molar-refractivity contribution is 6.19. The van der Waals surface area contributed by atoms with E-state index in [0.29, 0.717) is 0 Å². The van der Waals surface area contributed by atoms with E-state index < -0.39 is 0 Å². The van der Waals surface area contributed by atoms with E-state index in [9.17, 15) is 0 Å². The van der Waals surface area contributed by atoms with Crippen LogP contribution < -0.4 is 9.97 Å². The van der Waals surface area contributed by atoms with Crippen molar-refractivity contribution in [2.24, 2.45) is 0 Å². The Labute approximate surface area is 91.1 Å². The van der Waals surface area contributed by atoms with Crippen LogP contribution in [0.3, 0.4) is 0 Å². The van der Waals surface area contributed by atoms with Gasteiger partial charge in [-0.25, -0.2) is 0 Å². The Balaban J connectivity index is 1.66. The van der Waals surface area contributed by atoms with Crippen LogP contribution in [0.25, 0.3) is 0 Å². The Morgan fingerprint density at radius 1 is 1.20 bits per heavy atom. The van der Waals surface area contributed by atoms with Crippen molar-refractivity contribution in [3.63, 3.8) is 0 Å². The molecule has 1 heterocycles. The molecular weight excluding hydrogens is 189 g/mol. The minimum absolute atomic E-state index is 0.113. The molecule has 0 saturated carbocycles. The highest BCUT2D eigenvalue weighted by atomic mass is 16.6. The zero-order valence-electron chi connectivity index (χ0n) is 8.69. The van der Waals surface area contributed by atoms with E-state index in [1.54, 1.807) is 0 Å². The molecule has 0 spiro atoms. The quantitative estimate of drug-likeness (QED) is 0.757. The van der Waals surface area contributed by atoms with Crippen molar-refractivity contribution in [1.82, 2.24) is 5.32 Å². The van der Waals surface area contributed by atoms with Gasteiger partial charge in [-0.15, -0.1) is 0 Å². The molecule has 1 atom stereocenters. The first-order valence-electron chi connectivity index (χ1n) is 5.37. The van der Waals surface area contributed by atoms with Crippen LogP contribution in [-0.4, -0.2) is 20.5 Å². The maximum absolute atomic E-state index is 5.43. The van der Waals surface area contributed by atoms with E-state index >= 15 is 0 Å². The minimum atomic E-state index is 0.113. The maximum atomic E-state index is 5.43. The van der Waals surface area contributed by atoms with Crippen LogP contribution >= 0.6 is 0 Å². The van der Waals surface area contributed by atoms with Gasteiger partial charge in [0.15, 0.2) is 0 Å². The molecule has 0 bridgehead atoms. The first-order chi connectivity index (χ1) is 7.45. The molecule has 1 radical (unpaired) electrons. The smallest absolute Gasteiger partial charge is 0.537 e. The second-order valence-electron chi connectivity index (χ2n) is 3.60. The third-order valence-electron chi connectivity index (χ3n) is 2.41. The van der Waals surface area contributed by atoms with Gasteiger partial charge in [-0.3, -0.25) is 5.32 Å². The normalized spacial score (nSPS) is 20.9. The molecular formula is C11H15BNO2. The van der Waals surface area contributed by atoms with E-state index in [1.807, 2.05) is 30.3 Å². The lowest BCUT2D eigenvalue weighted by Crippen LogP contribution is -2.37. The van der Waals surface area contributed by atoms with Crippen molar-refractivity contribution in [3.05, 3.63) is 30.3 Å². The van der Waals surface area contributed by atoms with Crippen molar-refractivity contribution in [2.75, 3.05) is 6.54 Å². The van der Waals surface area contributed by atoms with Crippen molar-refractivity contribution in [3.8, 4) is 5.75 Å². The molecule has 1 aliphatic rings. The fourth-order valence-corrected chi connectivity index (χ4v) is 1.59. The van der Waals surface area contributed by atoms with Crippen LogP contribution in [0.1, 0.15) is 19.3 Å². The SMILES string of the molecule is [B](Oc1ccccc1)OC1CCCCN1. The summed E-state index contributed by atoms with van der Waals surface area (Å²) in [6.45, 7) is 1.03. The summed E-state index contributed by atoms with van der Waals surface area (Å²) in [7, 11) is 1.42. The van der Waals surface area contributed by atoms with Gasteiger partial charge in [0.1, 0.15) is 0 Å². The van der Waals surface area contributed by atoms with Crippen LogP contribution in [0, 0.1) is 0 Å². The molecule has 1 saturated heterocycles. The highest BCUT2D eigenvalue weighted by Gasteiger charge is 2.13.